The van der Waals surface area contributed by atoms with E-state index in [0.29, 0.717) is 11.3 Å². The molecule has 0 bridgehead atoms. The van der Waals surface area contributed by atoms with Gasteiger partial charge in [0, 0.05) is 43.1 Å². The van der Waals surface area contributed by atoms with Gasteiger partial charge in [-0.2, -0.15) is 0 Å². The van der Waals surface area contributed by atoms with Gasteiger partial charge in [0.15, 0.2) is 5.78 Å². The van der Waals surface area contributed by atoms with E-state index < -0.39 is 0 Å². The standard InChI is InChI=1S/C19H19N3O/c20-17-3-1-2-15-14-5-4-13(6-16(14)19(23)18(15)17)22-9-11-7-21-8-12(11)10-22/h1-6,11-12,21H,7-10,20H2/t11-,12+. The summed E-state index contributed by atoms with van der Waals surface area (Å²) >= 11 is 0. The Bertz CT molecular complexity index is 817. The predicted octanol–water partition coefficient (Wildman–Crippen LogP) is 2.14. The predicted molar refractivity (Wildman–Crippen MR) is 91.8 cm³/mol. The molecule has 23 heavy (non-hydrogen) atoms. The molecule has 3 aliphatic rings. The zero-order valence-corrected chi connectivity index (χ0v) is 12.9. The molecule has 0 unspecified atom stereocenters. The van der Waals surface area contributed by atoms with E-state index >= 15 is 0 Å². The topological polar surface area (TPSA) is 58.4 Å². The van der Waals surface area contributed by atoms with Crippen molar-refractivity contribution < 1.29 is 4.79 Å². The van der Waals surface area contributed by atoms with Crippen molar-refractivity contribution >= 4 is 17.2 Å². The Morgan fingerprint density at radius 2 is 1.78 bits per heavy atom. The summed E-state index contributed by atoms with van der Waals surface area (Å²) in [7, 11) is 0. The van der Waals surface area contributed by atoms with Crippen LogP contribution in [0.15, 0.2) is 36.4 Å². The minimum absolute atomic E-state index is 0.0657. The summed E-state index contributed by atoms with van der Waals surface area (Å²) in [5.74, 6) is 1.55. The SMILES string of the molecule is Nc1cccc2c1C(=O)c1cc(N3C[C@H]4CNC[C@H]4C3)ccc1-2. The molecule has 4 nitrogen and oxygen atoms in total. The Morgan fingerprint density at radius 3 is 2.57 bits per heavy atom. The van der Waals surface area contributed by atoms with Crippen LogP contribution in [0, 0.1) is 11.8 Å². The van der Waals surface area contributed by atoms with Crippen molar-refractivity contribution in [3.05, 3.63) is 47.5 Å². The zero-order chi connectivity index (χ0) is 15.6. The van der Waals surface area contributed by atoms with E-state index in [2.05, 4.69) is 28.4 Å². The number of benzene rings is 2. The van der Waals surface area contributed by atoms with Gasteiger partial charge in [0.05, 0.1) is 5.56 Å². The maximum atomic E-state index is 12.8. The molecule has 5 rings (SSSR count). The van der Waals surface area contributed by atoms with Gasteiger partial charge in [0.25, 0.3) is 0 Å². The summed E-state index contributed by atoms with van der Waals surface area (Å²) in [6.45, 7) is 4.40. The van der Waals surface area contributed by atoms with Crippen LogP contribution < -0.4 is 16.0 Å². The van der Waals surface area contributed by atoms with E-state index in [4.69, 9.17) is 5.73 Å². The molecule has 4 heteroatoms. The van der Waals surface area contributed by atoms with E-state index in [1.165, 1.54) is 0 Å². The lowest BCUT2D eigenvalue weighted by Gasteiger charge is -2.20. The number of rotatable bonds is 1. The Kier molecular flexibility index (Phi) is 2.62. The van der Waals surface area contributed by atoms with Gasteiger partial charge < -0.3 is 16.0 Å². The lowest BCUT2D eigenvalue weighted by atomic mass is 10.0. The van der Waals surface area contributed by atoms with Gasteiger partial charge >= 0.3 is 0 Å². The van der Waals surface area contributed by atoms with Crippen molar-refractivity contribution in [1.29, 1.82) is 0 Å². The minimum Gasteiger partial charge on any atom is -0.398 e. The van der Waals surface area contributed by atoms with Gasteiger partial charge in [-0.15, -0.1) is 0 Å². The normalized spacial score (nSPS) is 24.7. The first-order valence-corrected chi connectivity index (χ1v) is 8.25. The molecule has 0 aromatic heterocycles. The van der Waals surface area contributed by atoms with Crippen LogP contribution in [0.4, 0.5) is 11.4 Å². The molecule has 2 heterocycles. The smallest absolute Gasteiger partial charge is 0.196 e. The molecular weight excluding hydrogens is 286 g/mol. The van der Waals surface area contributed by atoms with Crippen LogP contribution >= 0.6 is 0 Å². The fraction of sp³-hybridized carbons (Fsp3) is 0.316. The Labute approximate surface area is 135 Å². The lowest BCUT2D eigenvalue weighted by molar-refractivity contribution is 0.104. The first-order valence-electron chi connectivity index (χ1n) is 8.25. The van der Waals surface area contributed by atoms with Gasteiger partial charge in [0.1, 0.15) is 0 Å². The third kappa shape index (κ3) is 1.78. The lowest BCUT2D eigenvalue weighted by Crippen LogP contribution is -2.25. The van der Waals surface area contributed by atoms with E-state index in [1.54, 1.807) is 6.07 Å². The number of fused-ring (bicyclic) bond motifs is 4. The third-order valence-corrected chi connectivity index (χ3v) is 5.62. The number of carbonyl (C=O) groups is 1. The van der Waals surface area contributed by atoms with Crippen molar-refractivity contribution in [2.24, 2.45) is 11.8 Å². The van der Waals surface area contributed by atoms with Gasteiger partial charge in [0.2, 0.25) is 0 Å². The average molecular weight is 305 g/mol. The number of hydrogen-bond donors (Lipinski definition) is 2. The quantitative estimate of drug-likeness (QED) is 0.676. The molecule has 2 aromatic carbocycles. The van der Waals surface area contributed by atoms with Crippen LogP contribution in [0.2, 0.25) is 0 Å². The van der Waals surface area contributed by atoms with E-state index in [0.717, 1.165) is 60.4 Å². The van der Waals surface area contributed by atoms with Gasteiger partial charge in [-0.1, -0.05) is 18.2 Å². The minimum atomic E-state index is 0.0657. The van der Waals surface area contributed by atoms with Crippen molar-refractivity contribution in [3.8, 4) is 11.1 Å². The molecule has 2 atom stereocenters. The highest BCUT2D eigenvalue weighted by Crippen LogP contribution is 2.41. The van der Waals surface area contributed by atoms with Crippen LogP contribution in [-0.4, -0.2) is 32.0 Å². The molecule has 116 valence electrons. The van der Waals surface area contributed by atoms with E-state index in [-0.39, 0.29) is 5.78 Å². The molecule has 0 amide bonds. The van der Waals surface area contributed by atoms with Crippen molar-refractivity contribution in [3.63, 3.8) is 0 Å². The highest BCUT2D eigenvalue weighted by molar-refractivity contribution is 6.24. The largest absolute Gasteiger partial charge is 0.398 e. The van der Waals surface area contributed by atoms with Gasteiger partial charge in [-0.25, -0.2) is 0 Å². The monoisotopic (exact) mass is 305 g/mol. The number of anilines is 2. The second-order valence-electron chi connectivity index (χ2n) is 6.91. The molecule has 0 spiro atoms. The highest BCUT2D eigenvalue weighted by atomic mass is 16.1. The number of nitrogens with one attached hydrogen (secondary N) is 1. The number of carbonyl (C=O) groups excluding carboxylic acids is 1. The van der Waals surface area contributed by atoms with Gasteiger partial charge in [-0.05, 0) is 41.2 Å². The van der Waals surface area contributed by atoms with Crippen LogP contribution in [0.3, 0.4) is 0 Å². The second-order valence-corrected chi connectivity index (χ2v) is 6.91. The molecule has 2 aliphatic heterocycles. The number of nitrogen functional groups attached to an aromatic ring is 1. The van der Waals surface area contributed by atoms with Crippen LogP contribution in [0.25, 0.3) is 11.1 Å². The van der Waals surface area contributed by atoms with Crippen LogP contribution in [-0.2, 0) is 0 Å². The fourth-order valence-electron chi connectivity index (χ4n) is 4.40. The first kappa shape index (κ1) is 13.1. The summed E-state index contributed by atoms with van der Waals surface area (Å²) in [5.41, 5.74) is 11.2. The van der Waals surface area contributed by atoms with Crippen LogP contribution in [0.1, 0.15) is 15.9 Å². The maximum absolute atomic E-state index is 12.8. The van der Waals surface area contributed by atoms with Crippen molar-refractivity contribution in [2.45, 2.75) is 0 Å². The summed E-state index contributed by atoms with van der Waals surface area (Å²) in [5, 5.41) is 3.47. The highest BCUT2D eigenvalue weighted by Gasteiger charge is 2.37. The zero-order valence-electron chi connectivity index (χ0n) is 12.9. The molecule has 2 fully saturated rings. The molecular formula is C19H19N3O. The van der Waals surface area contributed by atoms with E-state index in [9.17, 15) is 4.79 Å². The molecule has 2 saturated heterocycles. The summed E-state index contributed by atoms with van der Waals surface area (Å²) < 4.78 is 0. The summed E-state index contributed by atoms with van der Waals surface area (Å²) in [6.07, 6.45) is 0. The molecule has 0 saturated carbocycles. The van der Waals surface area contributed by atoms with Crippen molar-refractivity contribution in [1.82, 2.24) is 5.32 Å². The number of nitrogens with two attached hydrogens (primary N) is 1. The summed E-state index contributed by atoms with van der Waals surface area (Å²) in [6, 6.07) is 12.0. The number of nitrogens with zero attached hydrogens (tertiary/aromatic N) is 1. The number of ketones is 1. The maximum Gasteiger partial charge on any atom is 0.196 e. The van der Waals surface area contributed by atoms with Crippen LogP contribution in [0.5, 0.6) is 0 Å². The molecule has 0 radical (unpaired) electrons. The summed E-state index contributed by atoms with van der Waals surface area (Å²) in [4.78, 5) is 15.2. The number of hydrogen-bond acceptors (Lipinski definition) is 4. The van der Waals surface area contributed by atoms with E-state index in [1.807, 2.05) is 12.1 Å². The average Bonchev–Trinajstić information content (AvgIpc) is 3.21. The second kappa shape index (κ2) is 4.59. The van der Waals surface area contributed by atoms with Gasteiger partial charge in [-0.3, -0.25) is 4.79 Å². The van der Waals surface area contributed by atoms with Crippen molar-refractivity contribution in [2.75, 3.05) is 36.8 Å². The Hall–Kier alpha value is -2.33. The Balaban J connectivity index is 1.54. The third-order valence-electron chi connectivity index (χ3n) is 5.62. The fourth-order valence-corrected chi connectivity index (χ4v) is 4.40. The molecule has 3 N–H and O–H groups in total. The molecule has 2 aromatic rings. The molecule has 1 aliphatic carbocycles. The Morgan fingerprint density at radius 1 is 1.00 bits per heavy atom. The first-order chi connectivity index (χ1) is 11.2.